The van der Waals surface area contributed by atoms with Crippen molar-refractivity contribution in [2.75, 3.05) is 0 Å². The summed E-state index contributed by atoms with van der Waals surface area (Å²) in [4.78, 5) is 0. The summed E-state index contributed by atoms with van der Waals surface area (Å²) >= 11 is 0. The Bertz CT molecular complexity index is 196. The fourth-order valence-electron chi connectivity index (χ4n) is 2.16. The van der Waals surface area contributed by atoms with Gasteiger partial charge in [0.05, 0.1) is 0 Å². The molecule has 0 aliphatic heterocycles. The lowest BCUT2D eigenvalue weighted by Gasteiger charge is -2.23. The van der Waals surface area contributed by atoms with E-state index in [1.165, 1.54) is 25.7 Å². The fourth-order valence-corrected chi connectivity index (χ4v) is 2.16. The minimum absolute atomic E-state index is 0.843. The van der Waals surface area contributed by atoms with Gasteiger partial charge in [-0.2, -0.15) is 0 Å². The summed E-state index contributed by atoms with van der Waals surface area (Å²) < 4.78 is 0. The maximum Gasteiger partial charge on any atom is -0.0165 e. The van der Waals surface area contributed by atoms with Crippen LogP contribution in [0.2, 0.25) is 0 Å². The number of hydrogen-bond acceptors (Lipinski definition) is 0. The lowest BCUT2D eigenvalue weighted by Crippen LogP contribution is -2.07. The van der Waals surface area contributed by atoms with Crippen LogP contribution < -0.4 is 0 Å². The number of allylic oxidation sites excluding steroid dienone is 4. The Morgan fingerprint density at radius 1 is 1.25 bits per heavy atom. The highest BCUT2D eigenvalue weighted by Gasteiger charge is 2.15. The molecule has 0 nitrogen and oxygen atoms in total. The molecule has 0 spiro atoms. The van der Waals surface area contributed by atoms with Crippen LogP contribution in [0.15, 0.2) is 23.3 Å². The lowest BCUT2D eigenvalue weighted by molar-refractivity contribution is 0.567. The van der Waals surface area contributed by atoms with Gasteiger partial charge in [-0.15, -0.1) is 0 Å². The van der Waals surface area contributed by atoms with Crippen LogP contribution in [-0.2, 0) is 0 Å². The average Bonchev–Trinajstić information content (AvgIpc) is 2.16. The Morgan fingerprint density at radius 2 is 2.00 bits per heavy atom. The molecule has 1 atom stereocenters. The summed E-state index contributed by atoms with van der Waals surface area (Å²) in [6.07, 6.45) is 9.68. The first-order valence-corrected chi connectivity index (χ1v) is 5.21. The van der Waals surface area contributed by atoms with Crippen LogP contribution in [0, 0.1) is 5.92 Å². The molecule has 0 heteroatoms. The molecule has 0 saturated heterocycles. The van der Waals surface area contributed by atoms with Gasteiger partial charge in [-0.25, -0.2) is 0 Å². The second-order valence-corrected chi connectivity index (χ2v) is 3.50. The van der Waals surface area contributed by atoms with Gasteiger partial charge in [0.15, 0.2) is 0 Å². The standard InChI is InChI=1S/C12H20/c1-4-10-8-7-9-11(5-2)12(10)6-3/h7-8,11H,4-6,9H2,1-3H3. The topological polar surface area (TPSA) is 0 Å². The van der Waals surface area contributed by atoms with Crippen molar-refractivity contribution in [1.82, 2.24) is 0 Å². The summed E-state index contributed by atoms with van der Waals surface area (Å²) in [5, 5.41) is 0. The van der Waals surface area contributed by atoms with E-state index in [-0.39, 0.29) is 0 Å². The van der Waals surface area contributed by atoms with E-state index in [1.807, 2.05) is 0 Å². The maximum absolute atomic E-state index is 2.34. The second-order valence-electron chi connectivity index (χ2n) is 3.50. The van der Waals surface area contributed by atoms with Crippen molar-refractivity contribution in [3.05, 3.63) is 23.3 Å². The molecule has 0 radical (unpaired) electrons. The average molecular weight is 164 g/mol. The maximum atomic E-state index is 2.34. The zero-order chi connectivity index (χ0) is 8.97. The monoisotopic (exact) mass is 164 g/mol. The molecule has 68 valence electrons. The van der Waals surface area contributed by atoms with Crippen LogP contribution >= 0.6 is 0 Å². The summed E-state index contributed by atoms with van der Waals surface area (Å²) in [6.45, 7) is 6.84. The Balaban J connectivity index is 2.85. The first-order valence-electron chi connectivity index (χ1n) is 5.21. The third kappa shape index (κ3) is 1.80. The van der Waals surface area contributed by atoms with Crippen molar-refractivity contribution in [2.24, 2.45) is 5.92 Å². The van der Waals surface area contributed by atoms with Crippen molar-refractivity contribution >= 4 is 0 Å². The third-order valence-corrected chi connectivity index (χ3v) is 2.90. The Kier molecular flexibility index (Phi) is 3.58. The Morgan fingerprint density at radius 3 is 2.50 bits per heavy atom. The molecule has 0 amide bonds. The van der Waals surface area contributed by atoms with Gasteiger partial charge in [0.1, 0.15) is 0 Å². The van der Waals surface area contributed by atoms with Gasteiger partial charge in [0.25, 0.3) is 0 Å². The molecule has 0 bridgehead atoms. The quantitative estimate of drug-likeness (QED) is 0.589. The van der Waals surface area contributed by atoms with Crippen molar-refractivity contribution < 1.29 is 0 Å². The highest BCUT2D eigenvalue weighted by molar-refractivity contribution is 5.31. The van der Waals surface area contributed by atoms with Gasteiger partial charge in [0.2, 0.25) is 0 Å². The molecule has 0 aromatic carbocycles. The highest BCUT2D eigenvalue weighted by atomic mass is 14.2. The first-order chi connectivity index (χ1) is 5.83. The predicted molar refractivity (Wildman–Crippen MR) is 55.1 cm³/mol. The van der Waals surface area contributed by atoms with Crippen LogP contribution in [0.1, 0.15) is 46.5 Å². The minimum atomic E-state index is 0.843. The highest BCUT2D eigenvalue weighted by Crippen LogP contribution is 2.31. The van der Waals surface area contributed by atoms with Crippen LogP contribution in [0.4, 0.5) is 0 Å². The molecule has 1 rings (SSSR count). The summed E-state index contributed by atoms with van der Waals surface area (Å²) in [5.74, 6) is 0.843. The van der Waals surface area contributed by atoms with E-state index in [0.717, 1.165) is 5.92 Å². The van der Waals surface area contributed by atoms with E-state index in [2.05, 4.69) is 32.9 Å². The van der Waals surface area contributed by atoms with E-state index in [1.54, 1.807) is 11.1 Å². The van der Waals surface area contributed by atoms with Crippen molar-refractivity contribution in [2.45, 2.75) is 46.5 Å². The largest absolute Gasteiger partial charge is 0.0837 e. The van der Waals surface area contributed by atoms with Gasteiger partial charge in [-0.05, 0) is 37.2 Å². The normalized spacial score (nSPS) is 23.4. The van der Waals surface area contributed by atoms with E-state index < -0.39 is 0 Å². The van der Waals surface area contributed by atoms with Gasteiger partial charge < -0.3 is 0 Å². The van der Waals surface area contributed by atoms with E-state index >= 15 is 0 Å². The molecule has 0 aromatic heterocycles. The van der Waals surface area contributed by atoms with Crippen LogP contribution in [0.25, 0.3) is 0 Å². The van der Waals surface area contributed by atoms with Gasteiger partial charge in [-0.1, -0.05) is 38.5 Å². The summed E-state index contributed by atoms with van der Waals surface area (Å²) in [7, 11) is 0. The van der Waals surface area contributed by atoms with E-state index in [4.69, 9.17) is 0 Å². The second kappa shape index (κ2) is 4.49. The van der Waals surface area contributed by atoms with Gasteiger partial charge in [0, 0.05) is 0 Å². The van der Waals surface area contributed by atoms with Crippen LogP contribution in [-0.4, -0.2) is 0 Å². The zero-order valence-electron chi connectivity index (χ0n) is 8.56. The van der Waals surface area contributed by atoms with Crippen LogP contribution in [0.5, 0.6) is 0 Å². The number of rotatable bonds is 3. The minimum Gasteiger partial charge on any atom is -0.0837 e. The lowest BCUT2D eigenvalue weighted by atomic mass is 9.83. The third-order valence-electron chi connectivity index (χ3n) is 2.90. The molecular formula is C12H20. The van der Waals surface area contributed by atoms with Crippen molar-refractivity contribution in [3.63, 3.8) is 0 Å². The van der Waals surface area contributed by atoms with Crippen LogP contribution in [0.3, 0.4) is 0 Å². The van der Waals surface area contributed by atoms with Crippen molar-refractivity contribution in [3.8, 4) is 0 Å². The Hall–Kier alpha value is -0.520. The van der Waals surface area contributed by atoms with E-state index in [0.29, 0.717) is 0 Å². The SMILES string of the molecule is CCC1=C(CC)C(CC)CC=C1. The molecule has 0 N–H and O–H groups in total. The molecular weight excluding hydrogens is 144 g/mol. The Labute approximate surface area is 76.4 Å². The summed E-state index contributed by atoms with van der Waals surface area (Å²) in [5.41, 5.74) is 3.30. The number of hydrogen-bond donors (Lipinski definition) is 0. The molecule has 12 heavy (non-hydrogen) atoms. The fraction of sp³-hybridized carbons (Fsp3) is 0.667. The molecule has 0 heterocycles. The molecule has 0 fully saturated rings. The van der Waals surface area contributed by atoms with Gasteiger partial charge >= 0.3 is 0 Å². The zero-order valence-corrected chi connectivity index (χ0v) is 8.56. The molecule has 1 aliphatic rings. The summed E-state index contributed by atoms with van der Waals surface area (Å²) in [6, 6.07) is 0. The predicted octanol–water partition coefficient (Wildman–Crippen LogP) is 4.09. The van der Waals surface area contributed by atoms with Crippen molar-refractivity contribution in [1.29, 1.82) is 0 Å². The first kappa shape index (κ1) is 9.57. The van der Waals surface area contributed by atoms with E-state index in [9.17, 15) is 0 Å². The smallest absolute Gasteiger partial charge is 0.0165 e. The molecule has 0 saturated carbocycles. The molecule has 0 aromatic rings. The molecule has 1 aliphatic carbocycles. The van der Waals surface area contributed by atoms with Gasteiger partial charge in [-0.3, -0.25) is 0 Å². The molecule has 1 unspecified atom stereocenters.